The van der Waals surface area contributed by atoms with E-state index in [9.17, 15) is 14.9 Å². The largest absolute Gasteiger partial charge is 0.480 e. The van der Waals surface area contributed by atoms with Crippen LogP contribution in [0.15, 0.2) is 24.3 Å². The zero-order chi connectivity index (χ0) is 13.8. The smallest absolute Gasteiger partial charge is 0.323 e. The fourth-order valence-corrected chi connectivity index (χ4v) is 1.43. The van der Waals surface area contributed by atoms with Gasteiger partial charge in [0.25, 0.3) is 5.69 Å². The molecule has 0 radical (unpaired) electrons. The Morgan fingerprint density at radius 3 is 2.72 bits per heavy atom. The lowest BCUT2D eigenvalue weighted by Crippen LogP contribution is -2.48. The zero-order valence-electron chi connectivity index (χ0n) is 10.3. The van der Waals surface area contributed by atoms with Crippen molar-refractivity contribution in [2.45, 2.75) is 32.4 Å². The third kappa shape index (κ3) is 3.27. The third-order valence-corrected chi connectivity index (χ3v) is 2.98. The average Bonchev–Trinajstić information content (AvgIpc) is 2.36. The molecule has 0 fully saturated rings. The molecule has 0 spiro atoms. The lowest BCUT2D eigenvalue weighted by molar-refractivity contribution is -0.384. The number of carbonyl (C=O) groups is 1. The predicted molar refractivity (Wildman–Crippen MR) is 66.3 cm³/mol. The van der Waals surface area contributed by atoms with Crippen molar-refractivity contribution in [1.82, 2.24) is 5.32 Å². The monoisotopic (exact) mass is 252 g/mol. The van der Waals surface area contributed by atoms with Gasteiger partial charge in [-0.25, -0.2) is 0 Å². The molecule has 0 aliphatic rings. The molecule has 0 aliphatic heterocycles. The van der Waals surface area contributed by atoms with Gasteiger partial charge in [-0.15, -0.1) is 0 Å². The number of nitro benzene ring substituents is 1. The number of nitrogens with one attached hydrogen (secondary N) is 1. The number of hydrogen-bond acceptors (Lipinski definition) is 4. The highest BCUT2D eigenvalue weighted by Crippen LogP contribution is 2.15. The van der Waals surface area contributed by atoms with E-state index in [1.54, 1.807) is 26.0 Å². The first-order valence-corrected chi connectivity index (χ1v) is 5.61. The van der Waals surface area contributed by atoms with Gasteiger partial charge in [-0.05, 0) is 18.9 Å². The van der Waals surface area contributed by atoms with Crippen LogP contribution in [0.25, 0.3) is 0 Å². The summed E-state index contributed by atoms with van der Waals surface area (Å²) in [5.74, 6) is -0.935. The summed E-state index contributed by atoms with van der Waals surface area (Å²) in [6.07, 6.45) is 0.428. The van der Waals surface area contributed by atoms with Crippen LogP contribution in [0.1, 0.15) is 25.8 Å². The molecule has 1 rings (SSSR count). The SMILES string of the molecule is CCC(C)(NCc1cccc([N+](=O)[O-])c1)C(=O)O. The number of nitro groups is 1. The van der Waals surface area contributed by atoms with Crippen LogP contribution in [0.5, 0.6) is 0 Å². The Balaban J connectivity index is 2.77. The molecule has 6 nitrogen and oxygen atoms in total. The van der Waals surface area contributed by atoms with Crippen molar-refractivity contribution in [3.8, 4) is 0 Å². The summed E-state index contributed by atoms with van der Waals surface area (Å²) in [5.41, 5.74) is -0.335. The minimum Gasteiger partial charge on any atom is -0.480 e. The highest BCUT2D eigenvalue weighted by molar-refractivity contribution is 5.78. The van der Waals surface area contributed by atoms with Crippen LogP contribution in [-0.4, -0.2) is 21.5 Å². The molecule has 0 aliphatic carbocycles. The fourth-order valence-electron chi connectivity index (χ4n) is 1.43. The van der Waals surface area contributed by atoms with Crippen molar-refractivity contribution in [3.63, 3.8) is 0 Å². The lowest BCUT2D eigenvalue weighted by Gasteiger charge is -2.24. The Hall–Kier alpha value is -1.95. The molecule has 0 saturated heterocycles. The molecule has 1 unspecified atom stereocenters. The van der Waals surface area contributed by atoms with E-state index < -0.39 is 16.4 Å². The number of hydrogen-bond donors (Lipinski definition) is 2. The van der Waals surface area contributed by atoms with Gasteiger partial charge in [-0.3, -0.25) is 20.2 Å². The summed E-state index contributed by atoms with van der Waals surface area (Å²) in [6, 6.07) is 6.14. The molecule has 0 amide bonds. The number of rotatable bonds is 6. The van der Waals surface area contributed by atoms with E-state index in [0.29, 0.717) is 12.0 Å². The maximum atomic E-state index is 11.1. The Labute approximate surface area is 105 Å². The number of non-ortho nitro benzene ring substituents is 1. The van der Waals surface area contributed by atoms with Gasteiger partial charge in [0.15, 0.2) is 0 Å². The Morgan fingerprint density at radius 1 is 1.56 bits per heavy atom. The van der Waals surface area contributed by atoms with Crippen LogP contribution in [0.4, 0.5) is 5.69 Å². The van der Waals surface area contributed by atoms with Crippen molar-refractivity contribution < 1.29 is 14.8 Å². The van der Waals surface area contributed by atoms with Gasteiger partial charge in [0.1, 0.15) is 5.54 Å². The maximum Gasteiger partial charge on any atom is 0.323 e. The van der Waals surface area contributed by atoms with Gasteiger partial charge < -0.3 is 5.11 Å². The summed E-state index contributed by atoms with van der Waals surface area (Å²) >= 11 is 0. The summed E-state index contributed by atoms with van der Waals surface area (Å²) in [7, 11) is 0. The maximum absolute atomic E-state index is 11.1. The van der Waals surface area contributed by atoms with Gasteiger partial charge in [-0.1, -0.05) is 19.1 Å². The lowest BCUT2D eigenvalue weighted by atomic mass is 9.99. The Morgan fingerprint density at radius 2 is 2.22 bits per heavy atom. The highest BCUT2D eigenvalue weighted by Gasteiger charge is 2.30. The van der Waals surface area contributed by atoms with Crippen molar-refractivity contribution in [3.05, 3.63) is 39.9 Å². The second-order valence-corrected chi connectivity index (χ2v) is 4.27. The van der Waals surface area contributed by atoms with E-state index >= 15 is 0 Å². The molecule has 18 heavy (non-hydrogen) atoms. The summed E-state index contributed by atoms with van der Waals surface area (Å²) in [5, 5.41) is 22.6. The van der Waals surface area contributed by atoms with E-state index in [4.69, 9.17) is 5.11 Å². The molecule has 1 aromatic rings. The summed E-state index contributed by atoms with van der Waals surface area (Å²) in [6.45, 7) is 3.64. The van der Waals surface area contributed by atoms with E-state index in [-0.39, 0.29) is 12.2 Å². The molecule has 0 heterocycles. The van der Waals surface area contributed by atoms with Crippen LogP contribution in [0.2, 0.25) is 0 Å². The van der Waals surface area contributed by atoms with Crippen molar-refractivity contribution >= 4 is 11.7 Å². The number of nitrogens with zero attached hydrogens (tertiary/aromatic N) is 1. The second kappa shape index (κ2) is 5.59. The van der Waals surface area contributed by atoms with Crippen LogP contribution >= 0.6 is 0 Å². The molecule has 98 valence electrons. The molecular weight excluding hydrogens is 236 g/mol. The van der Waals surface area contributed by atoms with Gasteiger partial charge in [0.2, 0.25) is 0 Å². The topological polar surface area (TPSA) is 92.5 Å². The number of carboxylic acids is 1. The first kappa shape index (κ1) is 14.1. The highest BCUT2D eigenvalue weighted by atomic mass is 16.6. The minimum absolute atomic E-state index is 0.00262. The van der Waals surface area contributed by atoms with Crippen LogP contribution in [0, 0.1) is 10.1 Å². The summed E-state index contributed by atoms with van der Waals surface area (Å²) in [4.78, 5) is 21.2. The first-order valence-electron chi connectivity index (χ1n) is 5.61. The number of aliphatic carboxylic acids is 1. The fraction of sp³-hybridized carbons (Fsp3) is 0.417. The van der Waals surface area contributed by atoms with Crippen molar-refractivity contribution in [2.75, 3.05) is 0 Å². The third-order valence-electron chi connectivity index (χ3n) is 2.98. The van der Waals surface area contributed by atoms with E-state index in [2.05, 4.69) is 5.32 Å². The van der Waals surface area contributed by atoms with Gasteiger partial charge in [0.05, 0.1) is 4.92 Å². The van der Waals surface area contributed by atoms with Gasteiger partial charge in [0, 0.05) is 18.7 Å². The van der Waals surface area contributed by atoms with Crippen LogP contribution in [0.3, 0.4) is 0 Å². The summed E-state index contributed by atoms with van der Waals surface area (Å²) < 4.78 is 0. The van der Waals surface area contributed by atoms with Crippen LogP contribution in [-0.2, 0) is 11.3 Å². The zero-order valence-corrected chi connectivity index (χ0v) is 10.3. The van der Waals surface area contributed by atoms with E-state index in [0.717, 1.165) is 0 Å². The van der Waals surface area contributed by atoms with Gasteiger partial charge in [-0.2, -0.15) is 0 Å². The molecule has 1 aromatic carbocycles. The normalized spacial score (nSPS) is 13.9. The second-order valence-electron chi connectivity index (χ2n) is 4.27. The number of carboxylic acid groups (broad SMARTS) is 1. The number of benzene rings is 1. The molecular formula is C12H16N2O4. The Kier molecular flexibility index (Phi) is 4.38. The average molecular weight is 252 g/mol. The quantitative estimate of drug-likeness (QED) is 0.596. The molecule has 0 aromatic heterocycles. The molecule has 0 bridgehead atoms. The van der Waals surface area contributed by atoms with Crippen molar-refractivity contribution in [2.24, 2.45) is 0 Å². The predicted octanol–water partition coefficient (Wildman–Crippen LogP) is 1.94. The van der Waals surface area contributed by atoms with Crippen molar-refractivity contribution in [1.29, 1.82) is 0 Å². The first-order chi connectivity index (χ1) is 8.39. The molecule has 2 N–H and O–H groups in total. The molecule has 1 atom stereocenters. The standard InChI is InChI=1S/C12H16N2O4/c1-3-12(2,11(15)16)13-8-9-5-4-6-10(7-9)14(17)18/h4-7,13H,3,8H2,1-2H3,(H,15,16). The van der Waals surface area contributed by atoms with Gasteiger partial charge >= 0.3 is 5.97 Å². The van der Waals surface area contributed by atoms with E-state index in [1.807, 2.05) is 0 Å². The Bertz CT molecular complexity index is 461. The molecule has 0 saturated carbocycles. The molecule has 6 heteroatoms. The minimum atomic E-state index is -1.02. The van der Waals surface area contributed by atoms with E-state index in [1.165, 1.54) is 12.1 Å². The van der Waals surface area contributed by atoms with Crippen LogP contribution < -0.4 is 5.32 Å².